The average Bonchev–Trinajstić information content (AvgIpc) is 3.04. The number of amides is 1. The molecule has 0 spiro atoms. The molecule has 0 radical (unpaired) electrons. The van der Waals surface area contributed by atoms with Gasteiger partial charge in [0.15, 0.2) is 6.61 Å². The minimum Gasteiger partial charge on any atom is -0.483 e. The number of thiophene rings is 1. The molecule has 0 atom stereocenters. The Morgan fingerprint density at radius 2 is 1.74 bits per heavy atom. The SMILES string of the molecule is CCCc1ccc(OCC(=O)Nc2sc(C(=O)OCC)c(C)c2C(=O)OCC)c(Br)c1. The number of nitrogens with one attached hydrogen (secondary N) is 1. The molecular weight excluding hydrogens is 486 g/mol. The van der Waals surface area contributed by atoms with Gasteiger partial charge in [-0.2, -0.15) is 0 Å². The van der Waals surface area contributed by atoms with Crippen LogP contribution in [0.2, 0.25) is 0 Å². The van der Waals surface area contributed by atoms with Crippen molar-refractivity contribution in [3.63, 3.8) is 0 Å². The van der Waals surface area contributed by atoms with Crippen molar-refractivity contribution in [3.8, 4) is 5.75 Å². The van der Waals surface area contributed by atoms with Crippen molar-refractivity contribution >= 4 is 50.1 Å². The summed E-state index contributed by atoms with van der Waals surface area (Å²) in [7, 11) is 0. The van der Waals surface area contributed by atoms with Gasteiger partial charge in [0, 0.05) is 0 Å². The number of anilines is 1. The highest BCUT2D eigenvalue weighted by Gasteiger charge is 2.27. The normalized spacial score (nSPS) is 10.5. The van der Waals surface area contributed by atoms with Crippen LogP contribution in [0.25, 0.3) is 0 Å². The summed E-state index contributed by atoms with van der Waals surface area (Å²) in [5.74, 6) is -1.09. The van der Waals surface area contributed by atoms with Crippen LogP contribution in [0.3, 0.4) is 0 Å². The zero-order valence-electron chi connectivity index (χ0n) is 18.0. The molecule has 2 rings (SSSR count). The summed E-state index contributed by atoms with van der Waals surface area (Å²) in [6.07, 6.45) is 1.99. The molecule has 0 saturated heterocycles. The highest BCUT2D eigenvalue weighted by atomic mass is 79.9. The average molecular weight is 512 g/mol. The number of ether oxygens (including phenoxy) is 3. The molecule has 0 aliphatic rings. The van der Waals surface area contributed by atoms with Gasteiger partial charge in [-0.15, -0.1) is 11.3 Å². The molecule has 168 valence electrons. The topological polar surface area (TPSA) is 90.9 Å². The van der Waals surface area contributed by atoms with Crippen molar-refractivity contribution in [2.75, 3.05) is 25.1 Å². The second kappa shape index (κ2) is 11.9. The number of aryl methyl sites for hydroxylation is 1. The van der Waals surface area contributed by atoms with Crippen LogP contribution in [-0.2, 0) is 20.7 Å². The van der Waals surface area contributed by atoms with Crippen LogP contribution in [0.1, 0.15) is 58.3 Å². The van der Waals surface area contributed by atoms with Gasteiger partial charge < -0.3 is 19.5 Å². The first-order valence-electron chi connectivity index (χ1n) is 10.0. The second-order valence-corrected chi connectivity index (χ2v) is 8.43. The van der Waals surface area contributed by atoms with Crippen LogP contribution in [-0.4, -0.2) is 37.7 Å². The van der Waals surface area contributed by atoms with E-state index < -0.39 is 17.8 Å². The fourth-order valence-electron chi connectivity index (χ4n) is 2.85. The highest BCUT2D eigenvalue weighted by Crippen LogP contribution is 2.34. The number of carbonyl (C=O) groups is 3. The first-order chi connectivity index (χ1) is 14.8. The maximum absolute atomic E-state index is 12.5. The molecule has 31 heavy (non-hydrogen) atoms. The third kappa shape index (κ3) is 6.54. The molecule has 2 aromatic rings. The summed E-state index contributed by atoms with van der Waals surface area (Å²) >= 11 is 4.44. The van der Waals surface area contributed by atoms with Gasteiger partial charge in [-0.3, -0.25) is 4.79 Å². The summed E-state index contributed by atoms with van der Waals surface area (Å²) in [6.45, 7) is 7.21. The van der Waals surface area contributed by atoms with E-state index in [2.05, 4.69) is 28.2 Å². The molecule has 0 aliphatic carbocycles. The lowest BCUT2D eigenvalue weighted by Gasteiger charge is -2.10. The van der Waals surface area contributed by atoms with Crippen LogP contribution in [0.15, 0.2) is 22.7 Å². The monoisotopic (exact) mass is 511 g/mol. The zero-order valence-corrected chi connectivity index (χ0v) is 20.4. The Morgan fingerprint density at radius 3 is 2.35 bits per heavy atom. The van der Waals surface area contributed by atoms with Crippen LogP contribution < -0.4 is 10.1 Å². The molecule has 0 saturated carbocycles. The number of esters is 2. The van der Waals surface area contributed by atoms with Gasteiger partial charge in [0.25, 0.3) is 5.91 Å². The lowest BCUT2D eigenvalue weighted by atomic mass is 10.1. The van der Waals surface area contributed by atoms with Crippen LogP contribution >= 0.6 is 27.3 Å². The molecular formula is C22H26BrNO6S. The van der Waals surface area contributed by atoms with Crippen molar-refractivity contribution < 1.29 is 28.6 Å². The number of hydrogen-bond donors (Lipinski definition) is 1. The Kier molecular flexibility index (Phi) is 9.51. The van der Waals surface area contributed by atoms with Crippen LogP contribution in [0.4, 0.5) is 5.00 Å². The molecule has 1 heterocycles. The van der Waals surface area contributed by atoms with Gasteiger partial charge in [-0.05, 0) is 66.4 Å². The predicted octanol–water partition coefficient (Wildman–Crippen LogP) is 5.14. The molecule has 0 fully saturated rings. The number of rotatable bonds is 10. The van der Waals surface area contributed by atoms with Crippen molar-refractivity contribution in [1.29, 1.82) is 0 Å². The van der Waals surface area contributed by atoms with E-state index in [0.29, 0.717) is 11.3 Å². The Bertz CT molecular complexity index is 956. The molecule has 1 aromatic carbocycles. The minimum atomic E-state index is -0.614. The van der Waals surface area contributed by atoms with Crippen LogP contribution in [0.5, 0.6) is 5.75 Å². The lowest BCUT2D eigenvalue weighted by molar-refractivity contribution is -0.118. The molecule has 1 aromatic heterocycles. The van der Waals surface area contributed by atoms with Crippen LogP contribution in [0, 0.1) is 6.92 Å². The second-order valence-electron chi connectivity index (χ2n) is 6.55. The molecule has 7 nitrogen and oxygen atoms in total. The maximum atomic E-state index is 12.5. The van der Waals surface area contributed by atoms with Gasteiger partial charge in [0.05, 0.1) is 23.2 Å². The minimum absolute atomic E-state index is 0.147. The Hall–Kier alpha value is -2.39. The van der Waals surface area contributed by atoms with Crippen molar-refractivity contribution in [1.82, 2.24) is 0 Å². The van der Waals surface area contributed by atoms with Gasteiger partial charge in [-0.25, -0.2) is 9.59 Å². The number of benzene rings is 1. The van der Waals surface area contributed by atoms with Gasteiger partial charge in [0.2, 0.25) is 0 Å². The Labute approximate surface area is 194 Å². The summed E-state index contributed by atoms with van der Waals surface area (Å²) < 4.78 is 16.5. The largest absolute Gasteiger partial charge is 0.483 e. The molecule has 9 heteroatoms. The van der Waals surface area contributed by atoms with E-state index in [9.17, 15) is 14.4 Å². The summed E-state index contributed by atoms with van der Waals surface area (Å²) in [5.41, 5.74) is 1.73. The Morgan fingerprint density at radius 1 is 1.06 bits per heavy atom. The fourth-order valence-corrected chi connectivity index (χ4v) is 4.50. The zero-order chi connectivity index (χ0) is 23.0. The molecule has 0 unspecified atom stereocenters. The van der Waals surface area contributed by atoms with E-state index in [-0.39, 0.29) is 35.3 Å². The smallest absolute Gasteiger partial charge is 0.348 e. The maximum Gasteiger partial charge on any atom is 0.348 e. The van der Waals surface area contributed by atoms with E-state index in [1.54, 1.807) is 26.8 Å². The van der Waals surface area contributed by atoms with E-state index >= 15 is 0 Å². The van der Waals surface area contributed by atoms with Crippen molar-refractivity contribution in [3.05, 3.63) is 44.2 Å². The van der Waals surface area contributed by atoms with Crippen molar-refractivity contribution in [2.45, 2.75) is 40.5 Å². The summed E-state index contributed by atoms with van der Waals surface area (Å²) in [4.78, 5) is 37.4. The van der Waals surface area contributed by atoms with E-state index in [1.165, 1.54) is 5.56 Å². The standard InChI is InChI=1S/C22H26BrNO6S/c1-5-8-14-9-10-16(15(23)11-14)30-12-17(25)24-20-18(21(26)28-6-2)13(4)19(31-20)22(27)29-7-3/h9-11H,5-8,12H2,1-4H3,(H,24,25). The highest BCUT2D eigenvalue weighted by molar-refractivity contribution is 9.10. The first kappa shape index (κ1) is 24.9. The van der Waals surface area contributed by atoms with E-state index in [1.807, 2.05) is 12.1 Å². The van der Waals surface area contributed by atoms with Crippen molar-refractivity contribution in [2.24, 2.45) is 0 Å². The molecule has 1 N–H and O–H groups in total. The third-order valence-electron chi connectivity index (χ3n) is 4.23. The van der Waals surface area contributed by atoms with Gasteiger partial charge >= 0.3 is 11.9 Å². The lowest BCUT2D eigenvalue weighted by Crippen LogP contribution is -2.21. The van der Waals surface area contributed by atoms with E-state index in [4.69, 9.17) is 14.2 Å². The van der Waals surface area contributed by atoms with Gasteiger partial charge in [0.1, 0.15) is 15.6 Å². The predicted molar refractivity (Wildman–Crippen MR) is 123 cm³/mol. The quantitative estimate of drug-likeness (QED) is 0.444. The number of hydrogen-bond acceptors (Lipinski definition) is 7. The molecule has 0 aliphatic heterocycles. The molecule has 1 amide bonds. The summed E-state index contributed by atoms with van der Waals surface area (Å²) in [6, 6.07) is 5.72. The summed E-state index contributed by atoms with van der Waals surface area (Å²) in [5, 5.41) is 2.89. The first-order valence-corrected chi connectivity index (χ1v) is 11.6. The molecule has 0 bridgehead atoms. The number of halogens is 1. The van der Waals surface area contributed by atoms with Gasteiger partial charge in [-0.1, -0.05) is 19.4 Å². The Balaban J connectivity index is 2.16. The fraction of sp³-hybridized carbons (Fsp3) is 0.409. The van der Waals surface area contributed by atoms with E-state index in [0.717, 1.165) is 28.7 Å². The third-order valence-corrected chi connectivity index (χ3v) is 6.04. The number of carbonyl (C=O) groups excluding carboxylic acids is 3.